The first kappa shape index (κ1) is 10.4. The summed E-state index contributed by atoms with van der Waals surface area (Å²) in [6.45, 7) is 3.70. The SMILES string of the molecule is C=CC[C@H]1CC[C@@H](c2ccccc2)OO1. The van der Waals surface area contributed by atoms with Gasteiger partial charge in [-0.2, -0.15) is 0 Å². The predicted molar refractivity (Wildman–Crippen MR) is 59.2 cm³/mol. The zero-order valence-corrected chi connectivity index (χ0v) is 8.76. The lowest BCUT2D eigenvalue weighted by atomic mass is 10.0. The molecule has 15 heavy (non-hydrogen) atoms. The van der Waals surface area contributed by atoms with Gasteiger partial charge in [0.25, 0.3) is 0 Å². The van der Waals surface area contributed by atoms with Crippen LogP contribution in [0.2, 0.25) is 0 Å². The molecule has 2 heteroatoms. The average molecular weight is 204 g/mol. The Balaban J connectivity index is 1.91. The van der Waals surface area contributed by atoms with E-state index in [0.29, 0.717) is 0 Å². The highest BCUT2D eigenvalue weighted by atomic mass is 17.2. The lowest BCUT2D eigenvalue weighted by Gasteiger charge is -2.27. The van der Waals surface area contributed by atoms with Crippen LogP contribution in [0.25, 0.3) is 0 Å². The van der Waals surface area contributed by atoms with Gasteiger partial charge >= 0.3 is 0 Å². The third kappa shape index (κ3) is 2.67. The van der Waals surface area contributed by atoms with Crippen molar-refractivity contribution in [1.82, 2.24) is 0 Å². The van der Waals surface area contributed by atoms with E-state index in [1.165, 1.54) is 5.56 Å². The molecule has 0 unspecified atom stereocenters. The van der Waals surface area contributed by atoms with Crippen molar-refractivity contribution in [2.24, 2.45) is 0 Å². The van der Waals surface area contributed by atoms with Crippen molar-refractivity contribution in [2.75, 3.05) is 0 Å². The Morgan fingerprint density at radius 2 is 2.00 bits per heavy atom. The lowest BCUT2D eigenvalue weighted by molar-refractivity contribution is -0.376. The van der Waals surface area contributed by atoms with Gasteiger partial charge in [0.05, 0.1) is 6.10 Å². The highest BCUT2D eigenvalue weighted by molar-refractivity contribution is 5.17. The molecule has 0 bridgehead atoms. The molecule has 1 heterocycles. The van der Waals surface area contributed by atoms with E-state index in [0.717, 1.165) is 19.3 Å². The minimum absolute atomic E-state index is 0.0901. The summed E-state index contributed by atoms with van der Waals surface area (Å²) >= 11 is 0. The van der Waals surface area contributed by atoms with Crippen LogP contribution in [0.4, 0.5) is 0 Å². The van der Waals surface area contributed by atoms with E-state index in [1.54, 1.807) is 0 Å². The van der Waals surface area contributed by atoms with Crippen LogP contribution in [0.15, 0.2) is 43.0 Å². The minimum Gasteiger partial charge on any atom is -0.232 e. The van der Waals surface area contributed by atoms with Gasteiger partial charge in [-0.15, -0.1) is 6.58 Å². The summed E-state index contributed by atoms with van der Waals surface area (Å²) in [7, 11) is 0. The standard InChI is InChI=1S/C13H16O2/c1-2-6-12-9-10-13(15-14-12)11-7-4-3-5-8-11/h2-5,7-8,12-13H,1,6,9-10H2/t12-,13-/m0/s1. The fraction of sp³-hybridized carbons (Fsp3) is 0.385. The Labute approximate surface area is 90.4 Å². The summed E-state index contributed by atoms with van der Waals surface area (Å²) in [5.74, 6) is 0. The molecule has 1 aliphatic heterocycles. The summed E-state index contributed by atoms with van der Waals surface area (Å²) in [5.41, 5.74) is 1.19. The fourth-order valence-electron chi connectivity index (χ4n) is 1.81. The Morgan fingerprint density at radius 1 is 1.20 bits per heavy atom. The maximum atomic E-state index is 5.38. The molecule has 0 aromatic heterocycles. The first-order valence-electron chi connectivity index (χ1n) is 5.38. The largest absolute Gasteiger partial charge is 0.232 e. The molecule has 2 rings (SSSR count). The molecule has 0 amide bonds. The van der Waals surface area contributed by atoms with Crippen LogP contribution in [0.5, 0.6) is 0 Å². The van der Waals surface area contributed by atoms with E-state index < -0.39 is 0 Å². The zero-order chi connectivity index (χ0) is 10.5. The molecule has 0 saturated carbocycles. The van der Waals surface area contributed by atoms with Crippen molar-refractivity contribution in [3.05, 3.63) is 48.6 Å². The second-order valence-corrected chi connectivity index (χ2v) is 3.82. The molecule has 1 aromatic rings. The maximum Gasteiger partial charge on any atom is 0.118 e. The number of hydrogen-bond donors (Lipinski definition) is 0. The predicted octanol–water partition coefficient (Wildman–Crippen LogP) is 3.41. The third-order valence-electron chi connectivity index (χ3n) is 2.66. The molecule has 0 aliphatic carbocycles. The smallest absolute Gasteiger partial charge is 0.118 e. The second kappa shape index (κ2) is 5.10. The molecule has 0 N–H and O–H groups in total. The first-order chi connectivity index (χ1) is 7.40. The molecule has 80 valence electrons. The van der Waals surface area contributed by atoms with Crippen LogP contribution in [0.3, 0.4) is 0 Å². The summed E-state index contributed by atoms with van der Waals surface area (Å²) in [6.07, 6.45) is 5.06. The van der Waals surface area contributed by atoms with Crippen molar-refractivity contribution in [3.8, 4) is 0 Å². The van der Waals surface area contributed by atoms with Gasteiger partial charge in [-0.1, -0.05) is 36.4 Å². The van der Waals surface area contributed by atoms with E-state index >= 15 is 0 Å². The van der Waals surface area contributed by atoms with Crippen molar-refractivity contribution in [2.45, 2.75) is 31.5 Å². The summed E-state index contributed by atoms with van der Waals surface area (Å²) in [5, 5.41) is 0. The lowest BCUT2D eigenvalue weighted by Crippen LogP contribution is -2.22. The van der Waals surface area contributed by atoms with Crippen molar-refractivity contribution >= 4 is 0 Å². The van der Waals surface area contributed by atoms with Gasteiger partial charge in [0.1, 0.15) is 6.10 Å². The Bertz CT molecular complexity index is 300. The molecule has 2 atom stereocenters. The Hall–Kier alpha value is -1.12. The average Bonchev–Trinajstić information content (AvgIpc) is 2.32. The molecule has 0 radical (unpaired) electrons. The van der Waals surface area contributed by atoms with Crippen LogP contribution in [-0.2, 0) is 9.78 Å². The molecule has 1 saturated heterocycles. The van der Waals surface area contributed by atoms with Crippen LogP contribution >= 0.6 is 0 Å². The molecular weight excluding hydrogens is 188 g/mol. The van der Waals surface area contributed by atoms with Gasteiger partial charge in [-0.25, -0.2) is 9.78 Å². The number of rotatable bonds is 3. The van der Waals surface area contributed by atoms with E-state index in [2.05, 4.69) is 18.7 Å². The zero-order valence-electron chi connectivity index (χ0n) is 8.76. The van der Waals surface area contributed by atoms with E-state index in [1.807, 2.05) is 24.3 Å². The van der Waals surface area contributed by atoms with Crippen molar-refractivity contribution in [1.29, 1.82) is 0 Å². The summed E-state index contributed by atoms with van der Waals surface area (Å²) in [4.78, 5) is 10.7. The van der Waals surface area contributed by atoms with Gasteiger partial charge in [-0.05, 0) is 24.8 Å². The maximum absolute atomic E-state index is 5.38. The van der Waals surface area contributed by atoms with Gasteiger partial charge in [0, 0.05) is 0 Å². The highest BCUT2D eigenvalue weighted by Crippen LogP contribution is 2.30. The number of hydrogen-bond acceptors (Lipinski definition) is 2. The van der Waals surface area contributed by atoms with Crippen LogP contribution in [0, 0.1) is 0 Å². The summed E-state index contributed by atoms with van der Waals surface area (Å²) < 4.78 is 0. The number of benzene rings is 1. The Kier molecular flexibility index (Phi) is 3.54. The molecule has 1 fully saturated rings. The van der Waals surface area contributed by atoms with Crippen molar-refractivity contribution < 1.29 is 9.78 Å². The normalized spacial score (nSPS) is 26.1. The molecule has 1 aliphatic rings. The van der Waals surface area contributed by atoms with E-state index in [4.69, 9.17) is 9.78 Å². The van der Waals surface area contributed by atoms with Gasteiger partial charge in [0.2, 0.25) is 0 Å². The van der Waals surface area contributed by atoms with Gasteiger partial charge < -0.3 is 0 Å². The second-order valence-electron chi connectivity index (χ2n) is 3.82. The van der Waals surface area contributed by atoms with Crippen LogP contribution in [-0.4, -0.2) is 6.10 Å². The summed E-state index contributed by atoms with van der Waals surface area (Å²) in [6, 6.07) is 10.2. The van der Waals surface area contributed by atoms with Crippen molar-refractivity contribution in [3.63, 3.8) is 0 Å². The fourth-order valence-corrected chi connectivity index (χ4v) is 1.81. The van der Waals surface area contributed by atoms with E-state index in [9.17, 15) is 0 Å². The van der Waals surface area contributed by atoms with Crippen LogP contribution in [0.1, 0.15) is 30.9 Å². The van der Waals surface area contributed by atoms with Gasteiger partial charge in [-0.3, -0.25) is 0 Å². The monoisotopic (exact) mass is 204 g/mol. The topological polar surface area (TPSA) is 18.5 Å². The van der Waals surface area contributed by atoms with E-state index in [-0.39, 0.29) is 12.2 Å². The third-order valence-corrected chi connectivity index (χ3v) is 2.66. The highest BCUT2D eigenvalue weighted by Gasteiger charge is 2.23. The molecule has 1 aromatic carbocycles. The quantitative estimate of drug-likeness (QED) is 0.555. The van der Waals surface area contributed by atoms with Crippen LogP contribution < -0.4 is 0 Å². The Morgan fingerprint density at radius 3 is 2.60 bits per heavy atom. The molecule has 0 spiro atoms. The molecule has 2 nitrogen and oxygen atoms in total. The minimum atomic E-state index is 0.0901. The molecular formula is C13H16O2. The first-order valence-corrected chi connectivity index (χ1v) is 5.38. The van der Waals surface area contributed by atoms with Gasteiger partial charge in [0.15, 0.2) is 0 Å².